The summed E-state index contributed by atoms with van der Waals surface area (Å²) in [5.74, 6) is 0.258. The summed E-state index contributed by atoms with van der Waals surface area (Å²) in [6, 6.07) is 14.6. The van der Waals surface area contributed by atoms with Crippen molar-refractivity contribution in [2.45, 2.75) is 0 Å². The highest BCUT2D eigenvalue weighted by Crippen LogP contribution is 2.23. The second-order valence-electron chi connectivity index (χ2n) is 3.75. The lowest BCUT2D eigenvalue weighted by atomic mass is 10.0. The van der Waals surface area contributed by atoms with Gasteiger partial charge in [-0.1, -0.05) is 24.3 Å². The van der Waals surface area contributed by atoms with Gasteiger partial charge in [0.1, 0.15) is 5.75 Å². The number of nitrogens with one attached hydrogen (secondary N) is 1. The number of benzene rings is 2. The van der Waals surface area contributed by atoms with E-state index in [0.29, 0.717) is 5.56 Å². The van der Waals surface area contributed by atoms with Crippen LogP contribution in [0.5, 0.6) is 5.75 Å². The van der Waals surface area contributed by atoms with E-state index in [1.54, 1.807) is 30.8 Å². The smallest absolute Gasteiger partial charge is 0.274 e. The topological polar surface area (TPSA) is 58.6 Å². The number of methoxy groups -OCH3 is 1. The van der Waals surface area contributed by atoms with Crippen molar-refractivity contribution in [1.29, 1.82) is 0 Å². The molecule has 0 fully saturated rings. The molecule has 2 rings (SSSR count). The van der Waals surface area contributed by atoms with Gasteiger partial charge in [-0.25, -0.2) is 5.48 Å². The number of hydrogen-bond acceptors (Lipinski definition) is 3. The fourth-order valence-electron chi connectivity index (χ4n) is 1.69. The summed E-state index contributed by atoms with van der Waals surface area (Å²) < 4.78 is 5.09. The molecular weight excluding hydrogens is 230 g/mol. The second kappa shape index (κ2) is 5.33. The molecule has 0 radical (unpaired) electrons. The molecule has 0 spiro atoms. The van der Waals surface area contributed by atoms with E-state index in [1.165, 1.54) is 0 Å². The molecule has 0 atom stereocenters. The number of carbonyl (C=O) groups is 1. The minimum Gasteiger partial charge on any atom is -0.497 e. The number of amides is 1. The van der Waals surface area contributed by atoms with Crippen LogP contribution in [0, 0.1) is 0 Å². The zero-order chi connectivity index (χ0) is 13.0. The van der Waals surface area contributed by atoms with Crippen molar-refractivity contribution in [3.8, 4) is 16.9 Å². The van der Waals surface area contributed by atoms with Crippen molar-refractivity contribution in [2.75, 3.05) is 7.11 Å². The normalized spacial score (nSPS) is 9.89. The van der Waals surface area contributed by atoms with E-state index in [1.807, 2.05) is 30.3 Å². The standard InChI is InChI=1S/C14H13NO3/c1-18-13-7-5-10(6-8-13)11-3-2-4-12(9-11)14(16)15-17/h2-9,17H,1H3,(H,15,16). The molecule has 4 heteroatoms. The zero-order valence-corrected chi connectivity index (χ0v) is 9.88. The monoisotopic (exact) mass is 243 g/mol. The summed E-state index contributed by atoms with van der Waals surface area (Å²) in [5, 5.41) is 8.60. The van der Waals surface area contributed by atoms with Gasteiger partial charge in [0.15, 0.2) is 0 Å². The van der Waals surface area contributed by atoms with E-state index in [0.717, 1.165) is 16.9 Å². The molecular formula is C14H13NO3. The van der Waals surface area contributed by atoms with Crippen LogP contribution in [0.1, 0.15) is 10.4 Å². The molecule has 0 heterocycles. The number of ether oxygens (including phenoxy) is 1. The summed E-state index contributed by atoms with van der Waals surface area (Å²) in [6.45, 7) is 0. The predicted octanol–water partition coefficient (Wildman–Crippen LogP) is 2.48. The Labute approximate surface area is 105 Å². The first-order valence-corrected chi connectivity index (χ1v) is 5.43. The largest absolute Gasteiger partial charge is 0.497 e. The number of carbonyl (C=O) groups excluding carboxylic acids is 1. The van der Waals surface area contributed by atoms with E-state index in [-0.39, 0.29) is 0 Å². The molecule has 0 aliphatic heterocycles. The van der Waals surface area contributed by atoms with Crippen molar-refractivity contribution in [1.82, 2.24) is 5.48 Å². The highest BCUT2D eigenvalue weighted by molar-refractivity contribution is 5.94. The van der Waals surface area contributed by atoms with Crippen LogP contribution in [-0.4, -0.2) is 18.2 Å². The molecule has 1 amide bonds. The zero-order valence-electron chi connectivity index (χ0n) is 9.88. The van der Waals surface area contributed by atoms with Crippen LogP contribution in [-0.2, 0) is 0 Å². The first kappa shape index (κ1) is 12.1. The fourth-order valence-corrected chi connectivity index (χ4v) is 1.69. The third-order valence-electron chi connectivity index (χ3n) is 2.65. The highest BCUT2D eigenvalue weighted by Gasteiger charge is 2.05. The molecule has 92 valence electrons. The van der Waals surface area contributed by atoms with Crippen LogP contribution in [0.4, 0.5) is 0 Å². The lowest BCUT2D eigenvalue weighted by Crippen LogP contribution is -2.18. The number of hydrogen-bond donors (Lipinski definition) is 2. The number of rotatable bonds is 3. The molecule has 0 unspecified atom stereocenters. The molecule has 0 bridgehead atoms. The van der Waals surface area contributed by atoms with Gasteiger partial charge in [0.05, 0.1) is 7.11 Å². The SMILES string of the molecule is COc1ccc(-c2cccc(C(=O)NO)c2)cc1. The van der Waals surface area contributed by atoms with E-state index in [9.17, 15) is 4.79 Å². The van der Waals surface area contributed by atoms with E-state index in [2.05, 4.69) is 0 Å². The second-order valence-corrected chi connectivity index (χ2v) is 3.75. The summed E-state index contributed by atoms with van der Waals surface area (Å²) in [4.78, 5) is 11.3. The minimum atomic E-state index is -0.523. The fraction of sp³-hybridized carbons (Fsp3) is 0.0714. The lowest BCUT2D eigenvalue weighted by Gasteiger charge is -2.05. The van der Waals surface area contributed by atoms with Crippen LogP contribution < -0.4 is 10.2 Å². The van der Waals surface area contributed by atoms with Crippen LogP contribution in [0.2, 0.25) is 0 Å². The van der Waals surface area contributed by atoms with Gasteiger partial charge in [0, 0.05) is 5.56 Å². The van der Waals surface area contributed by atoms with Crippen LogP contribution in [0.25, 0.3) is 11.1 Å². The Kier molecular flexibility index (Phi) is 3.60. The highest BCUT2D eigenvalue weighted by atomic mass is 16.5. The lowest BCUT2D eigenvalue weighted by molar-refractivity contribution is 0.0706. The molecule has 2 aromatic carbocycles. The third-order valence-corrected chi connectivity index (χ3v) is 2.65. The first-order valence-electron chi connectivity index (χ1n) is 5.43. The molecule has 0 saturated carbocycles. The third kappa shape index (κ3) is 2.49. The summed E-state index contributed by atoms with van der Waals surface area (Å²) in [6.07, 6.45) is 0. The Bertz CT molecular complexity index is 549. The summed E-state index contributed by atoms with van der Waals surface area (Å²) in [5.41, 5.74) is 3.90. The van der Waals surface area contributed by atoms with Gasteiger partial charge < -0.3 is 4.74 Å². The van der Waals surface area contributed by atoms with Gasteiger partial charge in [0.25, 0.3) is 5.91 Å². The predicted molar refractivity (Wildman–Crippen MR) is 67.7 cm³/mol. The maximum Gasteiger partial charge on any atom is 0.274 e. The van der Waals surface area contributed by atoms with Crippen molar-refractivity contribution < 1.29 is 14.7 Å². The Morgan fingerprint density at radius 3 is 2.44 bits per heavy atom. The molecule has 0 aliphatic rings. The molecule has 0 aliphatic carbocycles. The van der Waals surface area contributed by atoms with Gasteiger partial charge >= 0.3 is 0 Å². The molecule has 2 aromatic rings. The van der Waals surface area contributed by atoms with Crippen LogP contribution in [0.3, 0.4) is 0 Å². The van der Waals surface area contributed by atoms with Gasteiger partial charge in [-0.2, -0.15) is 0 Å². The molecule has 18 heavy (non-hydrogen) atoms. The quantitative estimate of drug-likeness (QED) is 0.643. The molecule has 2 N–H and O–H groups in total. The van der Waals surface area contributed by atoms with Crippen molar-refractivity contribution in [3.63, 3.8) is 0 Å². The minimum absolute atomic E-state index is 0.408. The Morgan fingerprint density at radius 2 is 1.83 bits per heavy atom. The maximum absolute atomic E-state index is 11.3. The Hall–Kier alpha value is -2.33. The molecule has 0 saturated heterocycles. The summed E-state index contributed by atoms with van der Waals surface area (Å²) in [7, 11) is 1.61. The van der Waals surface area contributed by atoms with E-state index < -0.39 is 5.91 Å². The van der Waals surface area contributed by atoms with Gasteiger partial charge in [0.2, 0.25) is 0 Å². The van der Waals surface area contributed by atoms with E-state index in [4.69, 9.17) is 9.94 Å². The van der Waals surface area contributed by atoms with Crippen molar-refractivity contribution in [2.24, 2.45) is 0 Å². The summed E-state index contributed by atoms with van der Waals surface area (Å²) >= 11 is 0. The van der Waals surface area contributed by atoms with Crippen LogP contribution in [0.15, 0.2) is 48.5 Å². The first-order chi connectivity index (χ1) is 8.74. The van der Waals surface area contributed by atoms with Gasteiger partial charge in [-0.3, -0.25) is 10.0 Å². The van der Waals surface area contributed by atoms with Crippen molar-refractivity contribution in [3.05, 3.63) is 54.1 Å². The Morgan fingerprint density at radius 1 is 1.11 bits per heavy atom. The molecule has 0 aromatic heterocycles. The average molecular weight is 243 g/mol. The Balaban J connectivity index is 2.35. The maximum atomic E-state index is 11.3. The van der Waals surface area contributed by atoms with Crippen LogP contribution >= 0.6 is 0 Å². The van der Waals surface area contributed by atoms with Gasteiger partial charge in [-0.05, 0) is 35.4 Å². The van der Waals surface area contributed by atoms with E-state index >= 15 is 0 Å². The van der Waals surface area contributed by atoms with Gasteiger partial charge in [-0.15, -0.1) is 0 Å². The average Bonchev–Trinajstić information content (AvgIpc) is 2.46. The number of hydroxylamine groups is 1. The molecule has 4 nitrogen and oxygen atoms in total. The van der Waals surface area contributed by atoms with Crippen molar-refractivity contribution >= 4 is 5.91 Å².